The Balaban J connectivity index is 2.18. The molecule has 1 unspecified atom stereocenters. The molecule has 106 valence electrons. The predicted octanol–water partition coefficient (Wildman–Crippen LogP) is 3.08. The number of aromatic hydroxyl groups is 2. The maximum Gasteiger partial charge on any atom is 0.161 e. The van der Waals surface area contributed by atoms with Crippen LogP contribution in [0.2, 0.25) is 0 Å². The molecule has 0 saturated carbocycles. The minimum atomic E-state index is 0.0110. The molecule has 0 radical (unpaired) electrons. The molecule has 3 nitrogen and oxygen atoms in total. The maximum atomic E-state index is 10.0. The van der Waals surface area contributed by atoms with Crippen molar-refractivity contribution in [1.29, 1.82) is 0 Å². The number of fused-ring (bicyclic) bond motifs is 1. The molecule has 1 aliphatic rings. The third-order valence-corrected chi connectivity index (χ3v) is 4.08. The fourth-order valence-electron chi connectivity index (χ4n) is 3.15. The van der Waals surface area contributed by atoms with E-state index >= 15 is 0 Å². The lowest BCUT2D eigenvalue weighted by atomic mass is 9.86. The van der Waals surface area contributed by atoms with Gasteiger partial charge in [-0.1, -0.05) is 19.9 Å². The van der Waals surface area contributed by atoms with Crippen LogP contribution in [0.1, 0.15) is 44.2 Å². The maximum absolute atomic E-state index is 10.0. The molecule has 0 saturated heterocycles. The summed E-state index contributed by atoms with van der Waals surface area (Å²) in [5.41, 5.74) is 2.15. The first-order valence-electron chi connectivity index (χ1n) is 7.44. The summed E-state index contributed by atoms with van der Waals surface area (Å²) in [7, 11) is 0. The van der Waals surface area contributed by atoms with Crippen LogP contribution < -0.4 is 0 Å². The first kappa shape index (κ1) is 14.2. The zero-order valence-electron chi connectivity index (χ0n) is 12.0. The fraction of sp³-hybridized carbons (Fsp3) is 0.625. The number of phenols is 2. The summed E-state index contributed by atoms with van der Waals surface area (Å²) in [6.45, 7) is 6.66. The van der Waals surface area contributed by atoms with E-state index in [1.165, 1.54) is 5.56 Å². The molecule has 3 heteroatoms. The van der Waals surface area contributed by atoms with Crippen LogP contribution >= 0.6 is 0 Å². The lowest BCUT2D eigenvalue weighted by Gasteiger charge is -2.35. The van der Waals surface area contributed by atoms with E-state index in [9.17, 15) is 10.2 Å². The Labute approximate surface area is 115 Å². The fourth-order valence-corrected chi connectivity index (χ4v) is 3.15. The van der Waals surface area contributed by atoms with Gasteiger partial charge in [0, 0.05) is 11.6 Å². The smallest absolute Gasteiger partial charge is 0.161 e. The van der Waals surface area contributed by atoms with E-state index in [0.29, 0.717) is 6.04 Å². The number of hydrogen-bond donors (Lipinski definition) is 2. The third kappa shape index (κ3) is 3.03. The van der Waals surface area contributed by atoms with E-state index in [1.807, 2.05) is 6.07 Å². The second kappa shape index (κ2) is 6.29. The molecule has 0 spiro atoms. The van der Waals surface area contributed by atoms with Crippen LogP contribution in [0.3, 0.4) is 0 Å². The molecule has 2 N–H and O–H groups in total. The molecule has 0 amide bonds. The normalized spacial score (nSPS) is 18.6. The quantitative estimate of drug-likeness (QED) is 0.802. The van der Waals surface area contributed by atoms with Gasteiger partial charge in [0.1, 0.15) is 0 Å². The Kier molecular flexibility index (Phi) is 4.70. The molecule has 1 aliphatic carbocycles. The first-order chi connectivity index (χ1) is 9.17. The zero-order chi connectivity index (χ0) is 13.8. The molecular formula is C16H25NO2. The van der Waals surface area contributed by atoms with Gasteiger partial charge in [0.25, 0.3) is 0 Å². The standard InChI is InChI=1S/C16H25NO2/c1-3-9-17(10-4-2)13-7-5-12-6-8-15(18)16(19)14(12)11-13/h6,8,13,18-19H,3-5,7,9-11H2,1-2H3. The van der Waals surface area contributed by atoms with Crippen molar-refractivity contribution in [2.45, 2.75) is 52.0 Å². The predicted molar refractivity (Wildman–Crippen MR) is 77.7 cm³/mol. The topological polar surface area (TPSA) is 43.7 Å². The molecular weight excluding hydrogens is 238 g/mol. The second-order valence-corrected chi connectivity index (χ2v) is 5.50. The summed E-state index contributed by atoms with van der Waals surface area (Å²) in [6.07, 6.45) is 5.33. The van der Waals surface area contributed by atoms with Gasteiger partial charge in [0.15, 0.2) is 11.5 Å². The average molecular weight is 263 g/mol. The molecule has 1 atom stereocenters. The van der Waals surface area contributed by atoms with E-state index in [-0.39, 0.29) is 11.5 Å². The van der Waals surface area contributed by atoms with E-state index in [4.69, 9.17) is 0 Å². The van der Waals surface area contributed by atoms with Crippen LogP contribution in [0.25, 0.3) is 0 Å². The van der Waals surface area contributed by atoms with Crippen LogP contribution in [-0.4, -0.2) is 34.2 Å². The molecule has 0 bridgehead atoms. The van der Waals surface area contributed by atoms with Crippen molar-refractivity contribution in [3.8, 4) is 11.5 Å². The third-order valence-electron chi connectivity index (χ3n) is 4.08. The van der Waals surface area contributed by atoms with E-state index in [1.54, 1.807) is 6.07 Å². The second-order valence-electron chi connectivity index (χ2n) is 5.50. The van der Waals surface area contributed by atoms with Gasteiger partial charge in [-0.05, 0) is 56.8 Å². The lowest BCUT2D eigenvalue weighted by Crippen LogP contribution is -2.40. The Morgan fingerprint density at radius 3 is 2.47 bits per heavy atom. The first-order valence-corrected chi connectivity index (χ1v) is 7.44. The molecule has 0 aliphatic heterocycles. The molecule has 0 fully saturated rings. The van der Waals surface area contributed by atoms with Crippen molar-refractivity contribution < 1.29 is 10.2 Å². The van der Waals surface area contributed by atoms with Crippen molar-refractivity contribution in [3.05, 3.63) is 23.3 Å². The SMILES string of the molecule is CCCN(CCC)C1CCc2ccc(O)c(O)c2C1. The highest BCUT2D eigenvalue weighted by atomic mass is 16.3. The van der Waals surface area contributed by atoms with Crippen LogP contribution in [0.5, 0.6) is 11.5 Å². The highest BCUT2D eigenvalue weighted by Gasteiger charge is 2.26. The van der Waals surface area contributed by atoms with Gasteiger partial charge in [-0.3, -0.25) is 0 Å². The number of rotatable bonds is 5. The van der Waals surface area contributed by atoms with Gasteiger partial charge in [-0.25, -0.2) is 0 Å². The van der Waals surface area contributed by atoms with Gasteiger partial charge in [0.2, 0.25) is 0 Å². The molecule has 0 heterocycles. The van der Waals surface area contributed by atoms with E-state index < -0.39 is 0 Å². The van der Waals surface area contributed by atoms with Crippen LogP contribution in [0.15, 0.2) is 12.1 Å². The van der Waals surface area contributed by atoms with Gasteiger partial charge >= 0.3 is 0 Å². The summed E-state index contributed by atoms with van der Waals surface area (Å²) in [4.78, 5) is 2.53. The number of nitrogens with zero attached hydrogens (tertiary/aromatic N) is 1. The van der Waals surface area contributed by atoms with Gasteiger partial charge in [-0.2, -0.15) is 0 Å². The summed E-state index contributed by atoms with van der Waals surface area (Å²) < 4.78 is 0. The number of aryl methyl sites for hydroxylation is 1. The van der Waals surface area contributed by atoms with Crippen molar-refractivity contribution in [2.24, 2.45) is 0 Å². The molecule has 1 aromatic rings. The average Bonchev–Trinajstić information content (AvgIpc) is 2.42. The van der Waals surface area contributed by atoms with Gasteiger partial charge in [-0.15, -0.1) is 0 Å². The number of phenolic OH excluding ortho intramolecular Hbond substituents is 2. The largest absolute Gasteiger partial charge is 0.504 e. The van der Waals surface area contributed by atoms with Crippen molar-refractivity contribution in [3.63, 3.8) is 0 Å². The Morgan fingerprint density at radius 2 is 1.84 bits per heavy atom. The summed E-state index contributed by atoms with van der Waals surface area (Å²) in [5, 5.41) is 19.7. The minimum absolute atomic E-state index is 0.0110. The van der Waals surface area contributed by atoms with Crippen LogP contribution in [-0.2, 0) is 12.8 Å². The lowest BCUT2D eigenvalue weighted by molar-refractivity contribution is 0.178. The summed E-state index contributed by atoms with van der Waals surface area (Å²) in [5.74, 6) is 0.104. The van der Waals surface area contributed by atoms with Crippen LogP contribution in [0.4, 0.5) is 0 Å². The van der Waals surface area contributed by atoms with Crippen molar-refractivity contribution in [2.75, 3.05) is 13.1 Å². The highest BCUT2D eigenvalue weighted by Crippen LogP contribution is 2.36. The molecule has 0 aromatic heterocycles. The molecule has 1 aromatic carbocycles. The molecule has 2 rings (SSSR count). The zero-order valence-corrected chi connectivity index (χ0v) is 12.0. The monoisotopic (exact) mass is 263 g/mol. The molecule has 19 heavy (non-hydrogen) atoms. The number of benzene rings is 1. The van der Waals surface area contributed by atoms with Gasteiger partial charge in [0.05, 0.1) is 0 Å². The Morgan fingerprint density at radius 1 is 1.16 bits per heavy atom. The Bertz CT molecular complexity index is 425. The van der Waals surface area contributed by atoms with Crippen molar-refractivity contribution in [1.82, 2.24) is 4.90 Å². The number of hydrogen-bond acceptors (Lipinski definition) is 3. The minimum Gasteiger partial charge on any atom is -0.504 e. The van der Waals surface area contributed by atoms with E-state index in [2.05, 4.69) is 18.7 Å². The summed E-state index contributed by atoms with van der Waals surface area (Å²) in [6, 6.07) is 4.05. The van der Waals surface area contributed by atoms with Crippen molar-refractivity contribution >= 4 is 0 Å². The van der Waals surface area contributed by atoms with Crippen LogP contribution in [0, 0.1) is 0 Å². The Hall–Kier alpha value is -1.22. The summed E-state index contributed by atoms with van der Waals surface area (Å²) >= 11 is 0. The van der Waals surface area contributed by atoms with Gasteiger partial charge < -0.3 is 15.1 Å². The van der Waals surface area contributed by atoms with E-state index in [0.717, 1.165) is 50.8 Å². The highest BCUT2D eigenvalue weighted by molar-refractivity contribution is 5.50.